The van der Waals surface area contributed by atoms with Gasteiger partial charge in [0.05, 0.1) is 6.61 Å². The Morgan fingerprint density at radius 1 is 1.14 bits per heavy atom. The summed E-state index contributed by atoms with van der Waals surface area (Å²) < 4.78 is 5.31. The maximum absolute atomic E-state index is 5.31. The fourth-order valence-corrected chi connectivity index (χ4v) is 0.997. The third-order valence-electron chi connectivity index (χ3n) is 1.48. The summed E-state index contributed by atoms with van der Waals surface area (Å²) in [7, 11) is 0. The van der Waals surface area contributed by atoms with Crippen LogP contribution in [0.2, 0.25) is 0 Å². The molecular weight excluding hydrogens is 240 g/mol. The molecule has 0 aliphatic heterocycles. The first-order valence-electron chi connectivity index (χ1n) is 4.13. The normalized spacial score (nSPS) is 8.07. The molecule has 1 rings (SSSR count). The van der Waals surface area contributed by atoms with Gasteiger partial charge in [0, 0.05) is 15.9 Å². The van der Waals surface area contributed by atoms with Crippen molar-refractivity contribution in [3.8, 4) is 22.6 Å². The molecule has 0 spiro atoms. The largest absolute Gasteiger partial charge is 0.364 e. The van der Waals surface area contributed by atoms with Gasteiger partial charge in [0.2, 0.25) is 0 Å². The molecule has 0 bridgehead atoms. The smallest absolute Gasteiger partial charge is 0.109 e. The molecular formula is C12H9BrO. The molecule has 0 saturated heterocycles. The molecule has 0 aliphatic carbocycles. The molecule has 0 amide bonds. The summed E-state index contributed by atoms with van der Waals surface area (Å²) >= 11 is 2.95. The third kappa shape index (κ3) is 4.72. The van der Waals surface area contributed by atoms with Crippen molar-refractivity contribution in [3.63, 3.8) is 0 Å². The standard InChI is InChI=1S/C12H9BrO/c13-9-5-2-6-10-14-11-12-7-3-1-4-8-12/h1,3-4,7-8H,10-11H2. The molecule has 0 atom stereocenters. The van der Waals surface area contributed by atoms with Gasteiger partial charge in [-0.3, -0.25) is 0 Å². The van der Waals surface area contributed by atoms with Crippen molar-refractivity contribution >= 4 is 15.9 Å². The minimum absolute atomic E-state index is 0.413. The summed E-state index contributed by atoms with van der Waals surface area (Å²) in [5.74, 6) is 7.99. The van der Waals surface area contributed by atoms with Crippen molar-refractivity contribution in [2.45, 2.75) is 6.61 Å². The fraction of sp³-hybridized carbons (Fsp3) is 0.167. The molecule has 0 radical (unpaired) electrons. The lowest BCUT2D eigenvalue weighted by atomic mass is 10.2. The van der Waals surface area contributed by atoms with Gasteiger partial charge in [0.15, 0.2) is 0 Å². The lowest BCUT2D eigenvalue weighted by Crippen LogP contribution is -1.92. The Kier molecular flexibility index (Phi) is 5.59. The van der Waals surface area contributed by atoms with Gasteiger partial charge >= 0.3 is 0 Å². The van der Waals surface area contributed by atoms with Crippen molar-refractivity contribution in [2.24, 2.45) is 0 Å². The monoisotopic (exact) mass is 248 g/mol. The Morgan fingerprint density at radius 3 is 2.64 bits per heavy atom. The van der Waals surface area contributed by atoms with Gasteiger partial charge < -0.3 is 4.74 Å². The maximum Gasteiger partial charge on any atom is 0.109 e. The molecule has 0 aliphatic rings. The Bertz CT molecular complexity index is 376. The summed E-state index contributed by atoms with van der Waals surface area (Å²) in [4.78, 5) is 2.51. The lowest BCUT2D eigenvalue weighted by molar-refractivity contribution is 0.153. The molecule has 1 aromatic rings. The number of ether oxygens (including phenoxy) is 1. The van der Waals surface area contributed by atoms with E-state index in [1.807, 2.05) is 30.3 Å². The molecule has 1 aromatic carbocycles. The van der Waals surface area contributed by atoms with Gasteiger partial charge in [-0.2, -0.15) is 0 Å². The molecule has 0 fully saturated rings. The van der Waals surface area contributed by atoms with E-state index in [9.17, 15) is 0 Å². The summed E-state index contributed by atoms with van der Waals surface area (Å²) in [5.41, 5.74) is 1.15. The van der Waals surface area contributed by atoms with Gasteiger partial charge in [-0.1, -0.05) is 36.3 Å². The second-order valence-corrected chi connectivity index (χ2v) is 2.90. The number of halogens is 1. The Balaban J connectivity index is 2.23. The molecule has 1 nitrogen and oxygen atoms in total. The van der Waals surface area contributed by atoms with E-state index in [-0.39, 0.29) is 0 Å². The van der Waals surface area contributed by atoms with Crippen LogP contribution in [0.1, 0.15) is 5.56 Å². The van der Waals surface area contributed by atoms with E-state index in [0.717, 1.165) is 5.56 Å². The summed E-state index contributed by atoms with van der Waals surface area (Å²) in [6.45, 7) is 1.01. The van der Waals surface area contributed by atoms with Crippen LogP contribution in [0.25, 0.3) is 0 Å². The number of rotatable bonds is 3. The predicted octanol–water partition coefficient (Wildman–Crippen LogP) is 2.56. The third-order valence-corrected chi connectivity index (χ3v) is 1.68. The van der Waals surface area contributed by atoms with E-state index < -0.39 is 0 Å². The molecule has 0 saturated carbocycles. The average molecular weight is 249 g/mol. The molecule has 0 aromatic heterocycles. The van der Waals surface area contributed by atoms with Crippen LogP contribution in [0.5, 0.6) is 0 Å². The van der Waals surface area contributed by atoms with Crippen LogP contribution in [0.3, 0.4) is 0 Å². The second kappa shape index (κ2) is 7.21. The van der Waals surface area contributed by atoms with Gasteiger partial charge in [0.25, 0.3) is 0 Å². The summed E-state index contributed by atoms with van der Waals surface area (Å²) in [6.07, 6.45) is 0. The Morgan fingerprint density at radius 2 is 1.93 bits per heavy atom. The first-order chi connectivity index (χ1) is 6.93. The molecule has 0 unspecified atom stereocenters. The SMILES string of the molecule is BrC#CC#CCOCc1ccccc1. The topological polar surface area (TPSA) is 9.23 Å². The average Bonchev–Trinajstić information content (AvgIpc) is 2.25. The molecule has 0 N–H and O–H groups in total. The minimum Gasteiger partial charge on any atom is -0.364 e. The van der Waals surface area contributed by atoms with E-state index >= 15 is 0 Å². The summed E-state index contributed by atoms with van der Waals surface area (Å²) in [5, 5.41) is 0. The van der Waals surface area contributed by atoms with Gasteiger partial charge in [-0.15, -0.1) is 0 Å². The Hall–Kier alpha value is -1.22. The van der Waals surface area contributed by atoms with Crippen molar-refractivity contribution in [1.82, 2.24) is 0 Å². The highest BCUT2D eigenvalue weighted by atomic mass is 79.9. The van der Waals surface area contributed by atoms with Crippen LogP contribution in [0.15, 0.2) is 30.3 Å². The molecule has 0 heterocycles. The zero-order valence-corrected chi connectivity index (χ0v) is 9.17. The zero-order valence-electron chi connectivity index (χ0n) is 7.59. The number of hydrogen-bond donors (Lipinski definition) is 0. The molecule has 14 heavy (non-hydrogen) atoms. The predicted molar refractivity (Wildman–Crippen MR) is 60.6 cm³/mol. The second-order valence-electron chi connectivity index (χ2n) is 2.50. The van der Waals surface area contributed by atoms with E-state index in [4.69, 9.17) is 4.74 Å². The van der Waals surface area contributed by atoms with Crippen LogP contribution in [0.4, 0.5) is 0 Å². The first kappa shape index (κ1) is 10.9. The van der Waals surface area contributed by atoms with Crippen molar-refractivity contribution in [3.05, 3.63) is 35.9 Å². The quantitative estimate of drug-likeness (QED) is 0.591. The number of benzene rings is 1. The summed E-state index contributed by atoms with van der Waals surface area (Å²) in [6, 6.07) is 9.99. The fourth-order valence-electron chi connectivity index (χ4n) is 0.898. The van der Waals surface area contributed by atoms with Crippen molar-refractivity contribution in [1.29, 1.82) is 0 Å². The highest BCUT2D eigenvalue weighted by molar-refractivity contribution is 9.12. The number of hydrogen-bond acceptors (Lipinski definition) is 1. The highest BCUT2D eigenvalue weighted by Crippen LogP contribution is 1.99. The highest BCUT2D eigenvalue weighted by Gasteiger charge is 1.88. The van der Waals surface area contributed by atoms with Crippen LogP contribution in [-0.4, -0.2) is 6.61 Å². The first-order valence-corrected chi connectivity index (χ1v) is 4.93. The van der Waals surface area contributed by atoms with Crippen molar-refractivity contribution in [2.75, 3.05) is 6.61 Å². The van der Waals surface area contributed by atoms with Crippen LogP contribution in [0, 0.1) is 22.6 Å². The van der Waals surface area contributed by atoms with Gasteiger partial charge in [-0.05, 0) is 22.2 Å². The van der Waals surface area contributed by atoms with Crippen molar-refractivity contribution < 1.29 is 4.74 Å². The van der Waals surface area contributed by atoms with E-state index in [2.05, 4.69) is 38.5 Å². The van der Waals surface area contributed by atoms with Crippen LogP contribution in [-0.2, 0) is 11.3 Å². The van der Waals surface area contributed by atoms with Crippen LogP contribution < -0.4 is 0 Å². The molecule has 2 heteroatoms. The molecule has 70 valence electrons. The van der Waals surface area contributed by atoms with E-state index in [1.54, 1.807) is 0 Å². The van der Waals surface area contributed by atoms with Crippen LogP contribution >= 0.6 is 15.9 Å². The maximum atomic E-state index is 5.31. The minimum atomic E-state index is 0.413. The zero-order chi connectivity index (χ0) is 10.1. The lowest BCUT2D eigenvalue weighted by Gasteiger charge is -1.98. The van der Waals surface area contributed by atoms with Gasteiger partial charge in [-0.25, -0.2) is 0 Å². The van der Waals surface area contributed by atoms with E-state index in [1.165, 1.54) is 0 Å². The van der Waals surface area contributed by atoms with E-state index in [0.29, 0.717) is 13.2 Å². The Labute approximate surface area is 92.6 Å². The van der Waals surface area contributed by atoms with Gasteiger partial charge in [0.1, 0.15) is 6.61 Å².